The minimum absolute atomic E-state index is 0.0589. The predicted octanol–water partition coefficient (Wildman–Crippen LogP) is 13.3. The molecule has 5 aromatic rings. The van der Waals surface area contributed by atoms with Gasteiger partial charge in [0, 0.05) is 22.5 Å². The molecule has 0 aliphatic heterocycles. The number of halogens is 10. The summed E-state index contributed by atoms with van der Waals surface area (Å²) >= 11 is 24.4. The average molecular weight is 1050 g/mol. The van der Waals surface area contributed by atoms with Gasteiger partial charge in [0.1, 0.15) is 11.4 Å². The molecule has 70 heavy (non-hydrogen) atoms. The number of amides is 4. The van der Waals surface area contributed by atoms with Gasteiger partial charge in [-0.3, -0.25) is 28.8 Å². The zero-order chi connectivity index (χ0) is 51.8. The number of Topliss-reactive ketones (excluding diaryl/α,β-unsaturated/α-hetero) is 2. The summed E-state index contributed by atoms with van der Waals surface area (Å²) in [6.07, 6.45) is -9.03. The van der Waals surface area contributed by atoms with Crippen LogP contribution in [0.3, 0.4) is 0 Å². The number of alkyl halides is 6. The van der Waals surface area contributed by atoms with Gasteiger partial charge in [0.25, 0.3) is 23.6 Å². The van der Waals surface area contributed by atoms with Crippen LogP contribution in [0, 0.1) is 0 Å². The van der Waals surface area contributed by atoms with Gasteiger partial charge in [-0.1, -0.05) is 72.4 Å². The second-order valence-electron chi connectivity index (χ2n) is 14.9. The topological polar surface area (TPSA) is 200 Å². The third-order valence-electron chi connectivity index (χ3n) is 9.93. The van der Waals surface area contributed by atoms with E-state index < -0.39 is 80.8 Å². The Labute approximate surface area is 414 Å². The van der Waals surface area contributed by atoms with E-state index in [1.807, 2.05) is 0 Å². The Bertz CT molecular complexity index is 2940. The largest absolute Gasteiger partial charge is 0.417 e. The van der Waals surface area contributed by atoms with Crippen LogP contribution < -0.4 is 21.3 Å². The molecule has 366 valence electrons. The van der Waals surface area contributed by atoms with Crippen LogP contribution in [0.15, 0.2) is 105 Å². The third-order valence-corrected chi connectivity index (χ3v) is 11.4. The van der Waals surface area contributed by atoms with E-state index in [1.165, 1.54) is 48.5 Å². The van der Waals surface area contributed by atoms with Gasteiger partial charge in [0.15, 0.2) is 11.6 Å². The number of anilines is 4. The molecule has 0 saturated carbocycles. The zero-order valence-corrected chi connectivity index (χ0v) is 39.7. The maximum atomic E-state index is 13.7. The number of aryl methyl sites for hydroxylation is 2. The highest BCUT2D eigenvalue weighted by Crippen LogP contribution is 2.40. The van der Waals surface area contributed by atoms with Crippen molar-refractivity contribution in [2.24, 2.45) is 20.5 Å². The predicted molar refractivity (Wildman–Crippen MR) is 252 cm³/mol. The molecule has 4 N–H and O–H groups in total. The number of ketones is 2. The minimum Gasteiger partial charge on any atom is -0.324 e. The van der Waals surface area contributed by atoms with Crippen molar-refractivity contribution < 1.29 is 55.1 Å². The third kappa shape index (κ3) is 13.3. The van der Waals surface area contributed by atoms with Crippen molar-refractivity contribution in [3.63, 3.8) is 0 Å². The summed E-state index contributed by atoms with van der Waals surface area (Å²) in [5.74, 6) is -5.12. The van der Waals surface area contributed by atoms with E-state index >= 15 is 0 Å². The molecule has 2 atom stereocenters. The van der Waals surface area contributed by atoms with Gasteiger partial charge in [0.2, 0.25) is 12.1 Å². The number of hydrogen-bond donors (Lipinski definition) is 4. The van der Waals surface area contributed by atoms with Crippen LogP contribution >= 0.6 is 46.4 Å². The van der Waals surface area contributed by atoms with Gasteiger partial charge in [-0.2, -0.15) is 46.8 Å². The Kier molecular flexibility index (Phi) is 17.6. The first-order chi connectivity index (χ1) is 32.8. The number of nitrogens with one attached hydrogen (secondary N) is 4. The maximum absolute atomic E-state index is 13.7. The van der Waals surface area contributed by atoms with Crippen molar-refractivity contribution in [1.82, 2.24) is 0 Å². The van der Waals surface area contributed by atoms with Crippen molar-refractivity contribution in [2.45, 2.75) is 65.0 Å². The van der Waals surface area contributed by atoms with Crippen molar-refractivity contribution in [3.05, 3.63) is 138 Å². The van der Waals surface area contributed by atoms with Crippen LogP contribution in [-0.2, 0) is 44.4 Å². The lowest BCUT2D eigenvalue weighted by atomic mass is 10.0. The smallest absolute Gasteiger partial charge is 0.324 e. The maximum Gasteiger partial charge on any atom is 0.417 e. The molecule has 14 nitrogen and oxygen atoms in total. The number of benzene rings is 5. The van der Waals surface area contributed by atoms with Crippen LogP contribution in [0.2, 0.25) is 20.1 Å². The molecule has 0 saturated heterocycles. The molecular weight excluding hydrogens is 1020 g/mol. The van der Waals surface area contributed by atoms with Crippen molar-refractivity contribution in [3.8, 4) is 0 Å². The Hall–Kier alpha value is -6.74. The molecule has 24 heteroatoms. The van der Waals surface area contributed by atoms with Crippen LogP contribution in [0.25, 0.3) is 0 Å². The fourth-order valence-electron chi connectivity index (χ4n) is 6.38. The summed E-state index contributed by atoms with van der Waals surface area (Å²) in [6, 6.07) is 12.7. The fraction of sp³-hybridized carbons (Fsp3) is 0.217. The first kappa shape index (κ1) is 54.2. The molecule has 0 aliphatic carbocycles. The van der Waals surface area contributed by atoms with Gasteiger partial charge in [-0.25, -0.2) is 0 Å². The number of nitrogens with zero attached hydrogens (tertiary/aromatic N) is 4. The molecular formula is C46H36Cl4F6N8O6. The number of azo groups is 2. The van der Waals surface area contributed by atoms with Gasteiger partial charge in [-0.15, -0.1) is 0 Å². The van der Waals surface area contributed by atoms with Crippen LogP contribution in [0.4, 0.5) is 60.5 Å². The SMILES string of the molecule is CCc1cc(NC(=O)C(N=Nc2cc(C(=O)Nc3cccc(C(F)(F)F)c3Cl)ccc2Cl)C(C)=O)cc(CC)c1NC(=O)C(N=Nc1cc(C(=O)Nc2cccc(C(F)(F)F)c2Cl)ccc1Cl)C(C)=O. The number of hydrogen-bond acceptors (Lipinski definition) is 10. The fourth-order valence-corrected chi connectivity index (χ4v) is 7.25. The van der Waals surface area contributed by atoms with Crippen molar-refractivity contribution in [2.75, 3.05) is 21.3 Å². The summed E-state index contributed by atoms with van der Waals surface area (Å²) in [7, 11) is 0. The number of carbonyl (C=O) groups is 6. The Morgan fingerprint density at radius 2 is 0.929 bits per heavy atom. The van der Waals surface area contributed by atoms with E-state index in [1.54, 1.807) is 13.8 Å². The molecule has 0 fully saturated rings. The van der Waals surface area contributed by atoms with Crippen molar-refractivity contribution in [1.29, 1.82) is 0 Å². The summed E-state index contributed by atoms with van der Waals surface area (Å²) in [6.45, 7) is 5.64. The Morgan fingerprint density at radius 1 is 0.543 bits per heavy atom. The van der Waals surface area contributed by atoms with Crippen LogP contribution in [0.5, 0.6) is 0 Å². The quantitative estimate of drug-likeness (QED) is 0.0430. The molecule has 5 aromatic carbocycles. The molecule has 2 unspecified atom stereocenters. The summed E-state index contributed by atoms with van der Waals surface area (Å²) in [4.78, 5) is 78.7. The first-order valence-corrected chi connectivity index (χ1v) is 21.9. The highest BCUT2D eigenvalue weighted by molar-refractivity contribution is 6.36. The Balaban J connectivity index is 1.32. The second-order valence-corrected chi connectivity index (χ2v) is 16.5. The normalized spacial score (nSPS) is 12.7. The molecule has 0 bridgehead atoms. The van der Waals surface area contributed by atoms with Crippen LogP contribution in [-0.4, -0.2) is 47.3 Å². The molecule has 0 spiro atoms. The number of rotatable bonds is 16. The van der Waals surface area contributed by atoms with Gasteiger partial charge in [0.05, 0.1) is 42.6 Å². The van der Waals surface area contributed by atoms with E-state index in [9.17, 15) is 55.1 Å². The van der Waals surface area contributed by atoms with Gasteiger partial charge < -0.3 is 21.3 Å². The summed E-state index contributed by atoms with van der Waals surface area (Å²) < 4.78 is 80.2. The van der Waals surface area contributed by atoms with E-state index in [0.717, 1.165) is 50.2 Å². The Morgan fingerprint density at radius 3 is 1.29 bits per heavy atom. The van der Waals surface area contributed by atoms with E-state index in [4.69, 9.17) is 46.4 Å². The standard InChI is InChI=1S/C46H36Cl4F6N8O6/c1-5-23-17-27(57-43(69)38(21(3)65)63-61-34-19-25(13-15-30(34)47)41(67)58-32-11-7-9-28(36(32)49)45(51,52)53)18-24(6-2)40(23)60-44(70)39(22(4)66)64-62-35-20-26(14-16-31(35)48)42(68)59-33-12-8-10-29(37(33)50)46(54,55)56/h7-20,38-39H,5-6H2,1-4H3,(H,57,69)(H,58,67)(H,59,68)(H,60,70). The average Bonchev–Trinajstić information content (AvgIpc) is 3.28. The highest BCUT2D eigenvalue weighted by Gasteiger charge is 2.35. The highest BCUT2D eigenvalue weighted by atomic mass is 35.5. The molecule has 5 rings (SSSR count). The molecule has 0 aliphatic rings. The molecule has 0 heterocycles. The van der Waals surface area contributed by atoms with Crippen LogP contribution in [0.1, 0.15) is 70.7 Å². The van der Waals surface area contributed by atoms with Gasteiger partial charge >= 0.3 is 12.4 Å². The minimum atomic E-state index is -4.79. The number of carbonyl (C=O) groups excluding carboxylic acids is 6. The lowest BCUT2D eigenvalue weighted by molar-refractivity contribution is -0.138. The molecule has 0 radical (unpaired) electrons. The lowest BCUT2D eigenvalue weighted by Gasteiger charge is -2.19. The molecule has 4 amide bonds. The second kappa shape index (κ2) is 22.8. The zero-order valence-electron chi connectivity index (χ0n) is 36.7. The van der Waals surface area contributed by atoms with E-state index in [-0.39, 0.29) is 68.1 Å². The monoisotopic (exact) mass is 1050 g/mol. The summed E-state index contributed by atoms with van der Waals surface area (Å²) in [5.41, 5.74) is -2.19. The first-order valence-electron chi connectivity index (χ1n) is 20.4. The molecule has 0 aromatic heterocycles. The summed E-state index contributed by atoms with van der Waals surface area (Å²) in [5, 5.41) is 24.0. The lowest BCUT2D eigenvalue weighted by Crippen LogP contribution is -2.33. The van der Waals surface area contributed by atoms with E-state index in [2.05, 4.69) is 41.7 Å². The van der Waals surface area contributed by atoms with Gasteiger partial charge in [-0.05, 0) is 111 Å². The van der Waals surface area contributed by atoms with Crippen molar-refractivity contribution >= 4 is 116 Å². The van der Waals surface area contributed by atoms with E-state index in [0.29, 0.717) is 11.1 Å².